The van der Waals surface area contributed by atoms with Gasteiger partial charge in [0.15, 0.2) is 0 Å². The summed E-state index contributed by atoms with van der Waals surface area (Å²) in [5.74, 6) is -0.115. The maximum atomic E-state index is 11.1. The Hall–Kier alpha value is -0.610. The second kappa shape index (κ2) is 4.58. The van der Waals surface area contributed by atoms with Gasteiger partial charge < -0.3 is 15.2 Å². The number of carbonyl (C=O) groups is 1. The molecule has 0 radical (unpaired) electrons. The van der Waals surface area contributed by atoms with Crippen molar-refractivity contribution in [3.8, 4) is 0 Å². The van der Waals surface area contributed by atoms with E-state index in [1.54, 1.807) is 0 Å². The van der Waals surface area contributed by atoms with Gasteiger partial charge >= 0.3 is 5.97 Å². The van der Waals surface area contributed by atoms with E-state index in [0.29, 0.717) is 6.61 Å². The summed E-state index contributed by atoms with van der Waals surface area (Å²) < 4.78 is 9.96. The predicted molar refractivity (Wildman–Crippen MR) is 48.1 cm³/mol. The van der Waals surface area contributed by atoms with Crippen LogP contribution < -0.4 is 5.73 Å². The van der Waals surface area contributed by atoms with Crippen LogP contribution in [0, 0.1) is 5.92 Å². The zero-order valence-corrected chi connectivity index (χ0v) is 8.16. The first-order valence-corrected chi connectivity index (χ1v) is 4.60. The predicted octanol–water partition coefficient (Wildman–Crippen LogP) is 0.302. The lowest BCUT2D eigenvalue weighted by molar-refractivity contribution is -0.144. The SMILES string of the molecule is COC(=O)[C@H](N)[C@@H]1CCO[C@H](C)C1. The van der Waals surface area contributed by atoms with Crippen molar-refractivity contribution in [3.63, 3.8) is 0 Å². The molecule has 76 valence electrons. The Morgan fingerprint density at radius 2 is 2.38 bits per heavy atom. The summed E-state index contributed by atoms with van der Waals surface area (Å²) in [5.41, 5.74) is 5.73. The topological polar surface area (TPSA) is 61.5 Å². The first-order chi connectivity index (χ1) is 6.15. The van der Waals surface area contributed by atoms with E-state index in [1.807, 2.05) is 6.92 Å². The van der Waals surface area contributed by atoms with Gasteiger partial charge in [-0.2, -0.15) is 0 Å². The van der Waals surface area contributed by atoms with Gasteiger partial charge in [0.05, 0.1) is 13.2 Å². The van der Waals surface area contributed by atoms with Gasteiger partial charge in [0.25, 0.3) is 0 Å². The highest BCUT2D eigenvalue weighted by Crippen LogP contribution is 2.22. The van der Waals surface area contributed by atoms with Crippen LogP contribution in [0.2, 0.25) is 0 Å². The first-order valence-electron chi connectivity index (χ1n) is 4.60. The smallest absolute Gasteiger partial charge is 0.322 e. The number of carbonyl (C=O) groups excluding carboxylic acids is 1. The number of hydrogen-bond acceptors (Lipinski definition) is 4. The molecule has 0 amide bonds. The minimum Gasteiger partial charge on any atom is -0.468 e. The molecule has 1 heterocycles. The highest BCUT2D eigenvalue weighted by Gasteiger charge is 2.29. The third kappa shape index (κ3) is 2.67. The van der Waals surface area contributed by atoms with Gasteiger partial charge in [-0.3, -0.25) is 4.79 Å². The minimum absolute atomic E-state index is 0.203. The normalized spacial score (nSPS) is 31.0. The van der Waals surface area contributed by atoms with Crippen molar-refractivity contribution in [1.82, 2.24) is 0 Å². The first kappa shape index (κ1) is 10.5. The van der Waals surface area contributed by atoms with E-state index in [-0.39, 0.29) is 18.0 Å². The Morgan fingerprint density at radius 1 is 1.69 bits per heavy atom. The van der Waals surface area contributed by atoms with Crippen molar-refractivity contribution in [2.75, 3.05) is 13.7 Å². The molecule has 1 aliphatic heterocycles. The summed E-state index contributed by atoms with van der Waals surface area (Å²) in [7, 11) is 1.37. The fourth-order valence-corrected chi connectivity index (χ4v) is 1.69. The van der Waals surface area contributed by atoms with E-state index >= 15 is 0 Å². The lowest BCUT2D eigenvalue weighted by atomic mass is 9.89. The highest BCUT2D eigenvalue weighted by atomic mass is 16.5. The standard InChI is InChI=1S/C9H17NO3/c1-6-5-7(3-4-13-6)8(10)9(11)12-2/h6-8H,3-5,10H2,1-2H3/t6-,7-,8-/m1/s1. The molecule has 0 spiro atoms. The quantitative estimate of drug-likeness (QED) is 0.632. The van der Waals surface area contributed by atoms with E-state index in [1.165, 1.54) is 7.11 Å². The molecule has 1 aliphatic rings. The van der Waals surface area contributed by atoms with Crippen molar-refractivity contribution < 1.29 is 14.3 Å². The van der Waals surface area contributed by atoms with Crippen molar-refractivity contribution in [2.45, 2.75) is 31.9 Å². The van der Waals surface area contributed by atoms with Gasteiger partial charge in [-0.15, -0.1) is 0 Å². The molecule has 0 saturated carbocycles. The van der Waals surface area contributed by atoms with Crippen LogP contribution in [0.5, 0.6) is 0 Å². The molecular formula is C9H17NO3. The van der Waals surface area contributed by atoms with Crippen molar-refractivity contribution in [1.29, 1.82) is 0 Å². The zero-order valence-electron chi connectivity index (χ0n) is 8.16. The Balaban J connectivity index is 2.45. The molecular weight excluding hydrogens is 170 g/mol. The molecule has 1 saturated heterocycles. The molecule has 13 heavy (non-hydrogen) atoms. The number of hydrogen-bond donors (Lipinski definition) is 1. The summed E-state index contributed by atoms with van der Waals surface area (Å²) in [6.45, 7) is 2.69. The van der Waals surface area contributed by atoms with Gasteiger partial charge in [-0.05, 0) is 25.7 Å². The second-order valence-corrected chi connectivity index (χ2v) is 3.51. The van der Waals surface area contributed by atoms with Crippen LogP contribution in [0.1, 0.15) is 19.8 Å². The van der Waals surface area contributed by atoms with Crippen LogP contribution in [0.15, 0.2) is 0 Å². The molecule has 2 N–H and O–H groups in total. The molecule has 1 fully saturated rings. The van der Waals surface area contributed by atoms with E-state index in [4.69, 9.17) is 10.5 Å². The third-order valence-corrected chi connectivity index (χ3v) is 2.51. The lowest BCUT2D eigenvalue weighted by Gasteiger charge is -2.29. The molecule has 3 atom stereocenters. The molecule has 0 aromatic heterocycles. The van der Waals surface area contributed by atoms with Gasteiger partial charge in [0.2, 0.25) is 0 Å². The van der Waals surface area contributed by atoms with Crippen molar-refractivity contribution in [2.24, 2.45) is 11.7 Å². The summed E-state index contributed by atoms with van der Waals surface area (Å²) in [6, 6.07) is -0.489. The fraction of sp³-hybridized carbons (Fsp3) is 0.889. The van der Waals surface area contributed by atoms with Crippen LogP contribution in [-0.2, 0) is 14.3 Å². The number of esters is 1. The number of ether oxygens (including phenoxy) is 2. The van der Waals surface area contributed by atoms with Crippen LogP contribution >= 0.6 is 0 Å². The number of rotatable bonds is 2. The van der Waals surface area contributed by atoms with Gasteiger partial charge in [0.1, 0.15) is 6.04 Å². The molecule has 0 bridgehead atoms. The molecule has 0 unspecified atom stereocenters. The third-order valence-electron chi connectivity index (χ3n) is 2.51. The minimum atomic E-state index is -0.489. The maximum Gasteiger partial charge on any atom is 0.322 e. The summed E-state index contributed by atoms with van der Waals surface area (Å²) in [5, 5.41) is 0. The summed E-state index contributed by atoms with van der Waals surface area (Å²) in [6.07, 6.45) is 1.89. The van der Waals surface area contributed by atoms with Crippen molar-refractivity contribution >= 4 is 5.97 Å². The Morgan fingerprint density at radius 3 is 2.92 bits per heavy atom. The number of nitrogens with two attached hydrogens (primary N) is 1. The molecule has 0 aromatic rings. The van der Waals surface area contributed by atoms with Gasteiger partial charge in [-0.25, -0.2) is 0 Å². The van der Waals surface area contributed by atoms with Crippen LogP contribution in [0.4, 0.5) is 0 Å². The second-order valence-electron chi connectivity index (χ2n) is 3.51. The van der Waals surface area contributed by atoms with Crippen LogP contribution in [0.3, 0.4) is 0 Å². The molecule has 0 aliphatic carbocycles. The average molecular weight is 187 g/mol. The Labute approximate surface area is 78.4 Å². The number of methoxy groups -OCH3 is 1. The van der Waals surface area contributed by atoms with Gasteiger partial charge in [-0.1, -0.05) is 0 Å². The Kier molecular flexibility index (Phi) is 3.69. The zero-order chi connectivity index (χ0) is 9.84. The fourth-order valence-electron chi connectivity index (χ4n) is 1.69. The van der Waals surface area contributed by atoms with E-state index in [2.05, 4.69) is 4.74 Å². The maximum absolute atomic E-state index is 11.1. The van der Waals surface area contributed by atoms with Crippen LogP contribution in [0.25, 0.3) is 0 Å². The van der Waals surface area contributed by atoms with E-state index < -0.39 is 6.04 Å². The van der Waals surface area contributed by atoms with Gasteiger partial charge in [0, 0.05) is 6.61 Å². The molecule has 4 nitrogen and oxygen atoms in total. The molecule has 1 rings (SSSR count). The summed E-state index contributed by atoms with van der Waals surface area (Å²) in [4.78, 5) is 11.1. The molecule has 0 aromatic carbocycles. The average Bonchev–Trinajstić information content (AvgIpc) is 2.15. The Bertz CT molecular complexity index is 184. The van der Waals surface area contributed by atoms with E-state index in [0.717, 1.165) is 12.8 Å². The molecule has 4 heteroatoms. The largest absolute Gasteiger partial charge is 0.468 e. The monoisotopic (exact) mass is 187 g/mol. The van der Waals surface area contributed by atoms with Crippen LogP contribution in [-0.4, -0.2) is 31.8 Å². The highest BCUT2D eigenvalue weighted by molar-refractivity contribution is 5.75. The lowest BCUT2D eigenvalue weighted by Crippen LogP contribution is -2.42. The van der Waals surface area contributed by atoms with E-state index in [9.17, 15) is 4.79 Å². The van der Waals surface area contributed by atoms with Crippen molar-refractivity contribution in [3.05, 3.63) is 0 Å². The summed E-state index contributed by atoms with van der Waals surface area (Å²) >= 11 is 0.